The van der Waals surface area contributed by atoms with E-state index in [-0.39, 0.29) is 18.7 Å². The van der Waals surface area contributed by atoms with Crippen molar-refractivity contribution in [3.05, 3.63) is 54.6 Å². The number of carbonyl (C=O) groups is 2. The van der Waals surface area contributed by atoms with Crippen LogP contribution in [0.5, 0.6) is 0 Å². The van der Waals surface area contributed by atoms with Crippen LogP contribution < -0.4 is 19.2 Å². The highest BCUT2D eigenvalue weighted by atomic mass is 32.3. The molecular formula is C25H36N4O5S. The molecule has 0 aliphatic carbocycles. The Bertz CT molecular complexity index is 1050. The van der Waals surface area contributed by atoms with Crippen LogP contribution in [0.2, 0.25) is 0 Å². The number of fused-ring (bicyclic) bond motifs is 1. The molecule has 10 heteroatoms. The van der Waals surface area contributed by atoms with Crippen molar-refractivity contribution in [2.75, 3.05) is 15.2 Å². The van der Waals surface area contributed by atoms with Crippen LogP contribution in [-0.4, -0.2) is 44.8 Å². The van der Waals surface area contributed by atoms with Crippen molar-refractivity contribution in [2.45, 2.75) is 65.3 Å². The summed E-state index contributed by atoms with van der Waals surface area (Å²) in [6.45, 7) is 10.9. The minimum absolute atomic E-state index is 0.0415. The molecular weight excluding hydrogens is 468 g/mol. The maximum absolute atomic E-state index is 13.2. The second kappa shape index (κ2) is 10.1. The molecule has 0 fully saturated rings. The third kappa shape index (κ3) is 6.66. The fraction of sp³-hybridized carbons (Fsp3) is 0.440. The number of hydrogen-bond acceptors (Lipinski definition) is 8. The Kier molecular flexibility index (Phi) is 7.71. The number of rotatable bonds is 7. The number of nitrogens with one attached hydrogen (secondary N) is 2. The average molecular weight is 505 g/mol. The minimum atomic E-state index is -3.46. The summed E-state index contributed by atoms with van der Waals surface area (Å²) in [6, 6.07) is 16.3. The van der Waals surface area contributed by atoms with Gasteiger partial charge < -0.3 is 4.74 Å². The van der Waals surface area contributed by atoms with Gasteiger partial charge in [0.2, 0.25) is 0 Å². The van der Waals surface area contributed by atoms with Gasteiger partial charge in [-0.05, 0) is 76.8 Å². The van der Waals surface area contributed by atoms with E-state index in [1.165, 1.54) is 8.61 Å². The Balaban J connectivity index is 1.80. The molecule has 2 aromatic carbocycles. The number of amides is 1. The molecule has 1 aliphatic heterocycles. The molecule has 3 rings (SSSR count). The van der Waals surface area contributed by atoms with Crippen LogP contribution in [0.3, 0.4) is 0 Å². The van der Waals surface area contributed by atoms with Gasteiger partial charge >= 0.3 is 6.09 Å². The van der Waals surface area contributed by atoms with E-state index >= 15 is 0 Å². The first kappa shape index (κ1) is 26.8. The van der Waals surface area contributed by atoms with E-state index in [2.05, 4.69) is 10.6 Å². The lowest BCUT2D eigenvalue weighted by Crippen LogP contribution is -2.57. The van der Waals surface area contributed by atoms with Gasteiger partial charge in [0.05, 0.1) is 17.1 Å². The fourth-order valence-electron chi connectivity index (χ4n) is 3.71. The van der Waals surface area contributed by atoms with Gasteiger partial charge in [-0.3, -0.25) is 28.8 Å². The number of carbonyl (C=O) groups excluding carboxylic acids is 2. The first-order chi connectivity index (χ1) is 16.2. The number of alkyl carbamates (subject to hydrolysis) is 1. The molecule has 192 valence electrons. The Labute approximate surface area is 209 Å². The standard InChI is InChI=1S/C25H36N4O5S/c1-24(2,3)27-22(26-23(31)34-25(4,5)6)21(30)16-17-28-19-14-10-11-15-20(19)29(35(28,32)33)18-12-8-7-9-13-18/h7-15,22,27,32-33H,16-17H2,1-6H3,(H,26,31). The molecule has 0 saturated heterocycles. The smallest absolute Gasteiger partial charge is 0.409 e. The first-order valence-corrected chi connectivity index (χ1v) is 13.0. The quantitative estimate of drug-likeness (QED) is 0.370. The van der Waals surface area contributed by atoms with Crippen molar-refractivity contribution in [3.63, 3.8) is 0 Å². The molecule has 0 spiro atoms. The Morgan fingerprint density at radius 3 is 2.09 bits per heavy atom. The highest BCUT2D eigenvalue weighted by Gasteiger charge is 2.42. The van der Waals surface area contributed by atoms with E-state index < -0.39 is 34.4 Å². The lowest BCUT2D eigenvalue weighted by atomic mass is 10.1. The number of ether oxygens (including phenoxy) is 1. The predicted octanol–water partition coefficient (Wildman–Crippen LogP) is 5.42. The zero-order chi connectivity index (χ0) is 26.0. The van der Waals surface area contributed by atoms with Gasteiger partial charge in [0.1, 0.15) is 11.8 Å². The summed E-state index contributed by atoms with van der Waals surface area (Å²) in [5.41, 5.74) is 0.707. The topological polar surface area (TPSA) is 114 Å². The Morgan fingerprint density at radius 1 is 0.943 bits per heavy atom. The SMILES string of the molecule is CC(C)(C)NC(NC(=O)OC(C)(C)C)C(=O)CCN1c2ccccc2N(c2ccccc2)S1(O)O. The predicted molar refractivity (Wildman–Crippen MR) is 141 cm³/mol. The van der Waals surface area contributed by atoms with Gasteiger partial charge in [-0.25, -0.2) is 9.10 Å². The largest absolute Gasteiger partial charge is 0.444 e. The van der Waals surface area contributed by atoms with Crippen molar-refractivity contribution in [1.29, 1.82) is 0 Å². The summed E-state index contributed by atoms with van der Waals surface area (Å²) in [4.78, 5) is 25.6. The maximum atomic E-state index is 13.2. The van der Waals surface area contributed by atoms with Crippen molar-refractivity contribution in [1.82, 2.24) is 10.6 Å². The van der Waals surface area contributed by atoms with Crippen LogP contribution in [0.15, 0.2) is 54.6 Å². The number of Topliss-reactive ketones (excluding diaryl/α,β-unsaturated/α-hetero) is 1. The van der Waals surface area contributed by atoms with Crippen LogP contribution in [0, 0.1) is 0 Å². The maximum Gasteiger partial charge on any atom is 0.409 e. The number of hydrogen-bond donors (Lipinski definition) is 4. The number of ketones is 1. The fourth-order valence-corrected chi connectivity index (χ4v) is 5.48. The summed E-state index contributed by atoms with van der Waals surface area (Å²) < 4.78 is 30.8. The van der Waals surface area contributed by atoms with Gasteiger partial charge in [0.25, 0.3) is 0 Å². The molecule has 1 amide bonds. The van der Waals surface area contributed by atoms with Gasteiger partial charge in [-0.1, -0.05) is 30.3 Å². The van der Waals surface area contributed by atoms with E-state index in [1.54, 1.807) is 39.0 Å². The number of anilines is 3. The van der Waals surface area contributed by atoms with E-state index in [0.29, 0.717) is 17.1 Å². The van der Waals surface area contributed by atoms with Crippen LogP contribution in [0.1, 0.15) is 48.0 Å². The molecule has 1 heterocycles. The molecule has 0 saturated carbocycles. The average Bonchev–Trinajstić information content (AvgIpc) is 2.95. The monoisotopic (exact) mass is 504 g/mol. The zero-order valence-electron chi connectivity index (χ0n) is 21.1. The molecule has 2 aromatic rings. The summed E-state index contributed by atoms with van der Waals surface area (Å²) in [5, 5.41) is 5.72. The molecule has 35 heavy (non-hydrogen) atoms. The third-order valence-electron chi connectivity index (χ3n) is 5.02. The Morgan fingerprint density at radius 2 is 1.51 bits per heavy atom. The normalized spacial score (nSPS) is 16.9. The van der Waals surface area contributed by atoms with Crippen molar-refractivity contribution >= 4 is 39.9 Å². The molecule has 0 radical (unpaired) electrons. The number of nitrogens with zero attached hydrogens (tertiary/aromatic N) is 2. The summed E-state index contributed by atoms with van der Waals surface area (Å²) in [5.74, 6) is -0.309. The van der Waals surface area contributed by atoms with E-state index in [0.717, 1.165) is 0 Å². The van der Waals surface area contributed by atoms with E-state index in [4.69, 9.17) is 4.74 Å². The molecule has 0 bridgehead atoms. The molecule has 1 aliphatic rings. The summed E-state index contributed by atoms with van der Waals surface area (Å²) in [7, 11) is -3.46. The molecule has 0 aromatic heterocycles. The molecule has 9 nitrogen and oxygen atoms in total. The van der Waals surface area contributed by atoms with Crippen molar-refractivity contribution in [3.8, 4) is 0 Å². The number of benzene rings is 2. The first-order valence-electron chi connectivity index (χ1n) is 11.5. The second-order valence-corrected chi connectivity index (χ2v) is 12.2. The molecule has 1 atom stereocenters. The molecule has 4 N–H and O–H groups in total. The van der Waals surface area contributed by atoms with Gasteiger partial charge in [-0.15, -0.1) is 0 Å². The number of para-hydroxylation sites is 3. The van der Waals surface area contributed by atoms with Gasteiger partial charge in [0, 0.05) is 18.5 Å². The Hall–Kier alpha value is -2.79. The third-order valence-corrected chi connectivity index (χ3v) is 6.89. The van der Waals surface area contributed by atoms with E-state index in [1.807, 2.05) is 57.2 Å². The zero-order valence-corrected chi connectivity index (χ0v) is 21.9. The highest BCUT2D eigenvalue weighted by molar-refractivity contribution is 8.27. The molecule has 1 unspecified atom stereocenters. The second-order valence-electron chi connectivity index (χ2n) is 10.4. The van der Waals surface area contributed by atoms with Crippen LogP contribution in [0.25, 0.3) is 0 Å². The van der Waals surface area contributed by atoms with E-state index in [9.17, 15) is 18.7 Å². The van der Waals surface area contributed by atoms with Gasteiger partial charge in [-0.2, -0.15) is 0 Å². The summed E-state index contributed by atoms with van der Waals surface area (Å²) in [6.07, 6.45) is -1.76. The lowest BCUT2D eigenvalue weighted by molar-refractivity contribution is -0.122. The van der Waals surface area contributed by atoms with Crippen LogP contribution in [-0.2, 0) is 9.53 Å². The lowest BCUT2D eigenvalue weighted by Gasteiger charge is -2.43. The van der Waals surface area contributed by atoms with Crippen molar-refractivity contribution < 1.29 is 23.4 Å². The summed E-state index contributed by atoms with van der Waals surface area (Å²) >= 11 is 0. The van der Waals surface area contributed by atoms with Crippen LogP contribution >= 0.6 is 11.0 Å². The minimum Gasteiger partial charge on any atom is -0.444 e. The highest BCUT2D eigenvalue weighted by Crippen LogP contribution is 2.63. The van der Waals surface area contributed by atoms with Crippen molar-refractivity contribution in [2.24, 2.45) is 0 Å². The van der Waals surface area contributed by atoms with Gasteiger partial charge in [0.15, 0.2) is 5.78 Å². The van der Waals surface area contributed by atoms with Crippen LogP contribution in [0.4, 0.5) is 21.9 Å².